The summed E-state index contributed by atoms with van der Waals surface area (Å²) in [5, 5.41) is 10.4. The molecular formula is C13H11N5O. The second-order valence-electron chi connectivity index (χ2n) is 4.09. The third-order valence-electron chi connectivity index (χ3n) is 2.72. The predicted molar refractivity (Wildman–Crippen MR) is 71.8 cm³/mol. The minimum atomic E-state index is -0.194. The van der Waals surface area contributed by atoms with Crippen LogP contribution in [0.4, 0.5) is 11.4 Å². The van der Waals surface area contributed by atoms with Gasteiger partial charge in [0.05, 0.1) is 5.56 Å². The first-order valence-corrected chi connectivity index (χ1v) is 5.69. The normalized spacial score (nSPS) is 10.5. The third-order valence-corrected chi connectivity index (χ3v) is 2.72. The number of hydrogen-bond acceptors (Lipinski definition) is 4. The molecule has 3 N–H and O–H groups in total. The van der Waals surface area contributed by atoms with Gasteiger partial charge in [0, 0.05) is 17.6 Å². The Hall–Kier alpha value is -2.89. The van der Waals surface area contributed by atoms with Crippen molar-refractivity contribution in [1.29, 1.82) is 0 Å². The Bertz CT molecular complexity index is 732. The number of nitrogen functional groups attached to an aromatic ring is 1. The van der Waals surface area contributed by atoms with E-state index in [1.54, 1.807) is 53.3 Å². The molecule has 1 amide bonds. The molecule has 6 nitrogen and oxygen atoms in total. The van der Waals surface area contributed by atoms with E-state index in [0.717, 1.165) is 0 Å². The van der Waals surface area contributed by atoms with Gasteiger partial charge in [-0.15, -0.1) is 10.2 Å². The van der Waals surface area contributed by atoms with Crippen LogP contribution < -0.4 is 11.1 Å². The first-order chi connectivity index (χ1) is 9.22. The number of fused-ring (bicyclic) bond motifs is 1. The van der Waals surface area contributed by atoms with Crippen molar-refractivity contribution >= 4 is 22.9 Å². The second-order valence-corrected chi connectivity index (χ2v) is 4.09. The van der Waals surface area contributed by atoms with Gasteiger partial charge in [0.25, 0.3) is 5.91 Å². The topological polar surface area (TPSA) is 85.3 Å². The summed E-state index contributed by atoms with van der Waals surface area (Å²) in [6.07, 6.45) is 3.23. The Kier molecular flexibility index (Phi) is 2.60. The van der Waals surface area contributed by atoms with Gasteiger partial charge in [-0.25, -0.2) is 0 Å². The van der Waals surface area contributed by atoms with E-state index in [1.807, 2.05) is 0 Å². The molecule has 3 rings (SSSR count). The average Bonchev–Trinajstić information content (AvgIpc) is 2.88. The van der Waals surface area contributed by atoms with Crippen molar-refractivity contribution in [2.24, 2.45) is 0 Å². The first-order valence-electron chi connectivity index (χ1n) is 5.69. The molecule has 0 aliphatic heterocycles. The number of nitrogens with zero attached hydrogens (tertiary/aromatic N) is 3. The number of aromatic nitrogens is 3. The number of nitrogens with two attached hydrogens (primary N) is 1. The summed E-state index contributed by atoms with van der Waals surface area (Å²) in [6.45, 7) is 0. The van der Waals surface area contributed by atoms with E-state index in [2.05, 4.69) is 15.5 Å². The quantitative estimate of drug-likeness (QED) is 0.679. The Balaban J connectivity index is 1.84. The van der Waals surface area contributed by atoms with Crippen LogP contribution in [0, 0.1) is 0 Å². The van der Waals surface area contributed by atoms with Crippen molar-refractivity contribution in [3.05, 3.63) is 54.5 Å². The van der Waals surface area contributed by atoms with E-state index in [4.69, 9.17) is 5.73 Å². The standard InChI is InChI=1S/C13H11N5O/c14-10-2-4-11(5-3-10)16-13(19)9-1-6-12-17-15-8-18(12)7-9/h1-8H,14H2,(H,16,19). The summed E-state index contributed by atoms with van der Waals surface area (Å²) >= 11 is 0. The molecule has 1 aromatic carbocycles. The first kappa shape index (κ1) is 11.2. The van der Waals surface area contributed by atoms with Crippen molar-refractivity contribution in [2.75, 3.05) is 11.1 Å². The summed E-state index contributed by atoms with van der Waals surface area (Å²) in [6, 6.07) is 10.4. The highest BCUT2D eigenvalue weighted by Gasteiger charge is 2.07. The molecule has 19 heavy (non-hydrogen) atoms. The van der Waals surface area contributed by atoms with E-state index in [1.165, 1.54) is 0 Å². The monoisotopic (exact) mass is 253 g/mol. The lowest BCUT2D eigenvalue weighted by Gasteiger charge is -2.05. The summed E-state index contributed by atoms with van der Waals surface area (Å²) < 4.78 is 1.69. The Labute approximate surface area is 108 Å². The molecule has 94 valence electrons. The molecule has 0 bridgehead atoms. The van der Waals surface area contributed by atoms with Crippen LogP contribution >= 0.6 is 0 Å². The number of nitrogens with one attached hydrogen (secondary N) is 1. The number of hydrogen-bond donors (Lipinski definition) is 2. The zero-order chi connectivity index (χ0) is 13.2. The fourth-order valence-electron chi connectivity index (χ4n) is 1.73. The number of carbonyl (C=O) groups excluding carboxylic acids is 1. The van der Waals surface area contributed by atoms with Gasteiger partial charge >= 0.3 is 0 Å². The molecule has 0 saturated carbocycles. The molecule has 2 aromatic heterocycles. The number of pyridine rings is 1. The minimum absolute atomic E-state index is 0.194. The van der Waals surface area contributed by atoms with Gasteiger partial charge in [-0.2, -0.15) is 0 Å². The fourth-order valence-corrected chi connectivity index (χ4v) is 1.73. The lowest BCUT2D eigenvalue weighted by Crippen LogP contribution is -2.12. The van der Waals surface area contributed by atoms with Crippen LogP contribution in [0.15, 0.2) is 48.9 Å². The van der Waals surface area contributed by atoms with E-state index in [9.17, 15) is 4.79 Å². The summed E-state index contributed by atoms with van der Waals surface area (Å²) in [7, 11) is 0. The van der Waals surface area contributed by atoms with Crippen molar-refractivity contribution in [1.82, 2.24) is 14.6 Å². The molecule has 0 spiro atoms. The zero-order valence-corrected chi connectivity index (χ0v) is 9.95. The molecule has 0 fully saturated rings. The highest BCUT2D eigenvalue weighted by atomic mass is 16.1. The molecular weight excluding hydrogens is 242 g/mol. The van der Waals surface area contributed by atoms with Crippen molar-refractivity contribution in [3.8, 4) is 0 Å². The van der Waals surface area contributed by atoms with Crippen LogP contribution in [0.5, 0.6) is 0 Å². The van der Waals surface area contributed by atoms with Gasteiger partial charge in [0.15, 0.2) is 5.65 Å². The van der Waals surface area contributed by atoms with Crippen LogP contribution in [-0.2, 0) is 0 Å². The van der Waals surface area contributed by atoms with Gasteiger partial charge in [-0.3, -0.25) is 9.20 Å². The van der Waals surface area contributed by atoms with Crippen molar-refractivity contribution in [3.63, 3.8) is 0 Å². The van der Waals surface area contributed by atoms with Crippen LogP contribution in [0.2, 0.25) is 0 Å². The van der Waals surface area contributed by atoms with Crippen LogP contribution in [0.3, 0.4) is 0 Å². The van der Waals surface area contributed by atoms with Gasteiger partial charge in [-0.05, 0) is 36.4 Å². The SMILES string of the molecule is Nc1ccc(NC(=O)c2ccc3nncn3c2)cc1. The molecule has 0 aliphatic rings. The van der Waals surface area contributed by atoms with Crippen LogP contribution in [0.1, 0.15) is 10.4 Å². The highest BCUT2D eigenvalue weighted by molar-refractivity contribution is 6.04. The maximum Gasteiger partial charge on any atom is 0.257 e. The Morgan fingerprint density at radius 2 is 1.95 bits per heavy atom. The summed E-state index contributed by atoms with van der Waals surface area (Å²) in [5.41, 5.74) is 8.17. The summed E-state index contributed by atoms with van der Waals surface area (Å²) in [4.78, 5) is 12.1. The van der Waals surface area contributed by atoms with Crippen molar-refractivity contribution in [2.45, 2.75) is 0 Å². The molecule has 0 aliphatic carbocycles. The maximum absolute atomic E-state index is 12.1. The van der Waals surface area contributed by atoms with Crippen LogP contribution in [-0.4, -0.2) is 20.5 Å². The third kappa shape index (κ3) is 2.23. The van der Waals surface area contributed by atoms with Gasteiger partial charge in [-0.1, -0.05) is 0 Å². The lowest BCUT2D eigenvalue weighted by atomic mass is 10.2. The van der Waals surface area contributed by atoms with Gasteiger partial charge < -0.3 is 11.1 Å². The number of benzene rings is 1. The number of carbonyl (C=O) groups is 1. The lowest BCUT2D eigenvalue weighted by molar-refractivity contribution is 0.102. The molecule has 3 aromatic rings. The average molecular weight is 253 g/mol. The number of anilines is 2. The van der Waals surface area contributed by atoms with Crippen molar-refractivity contribution < 1.29 is 4.79 Å². The molecule has 0 saturated heterocycles. The molecule has 2 heterocycles. The number of amides is 1. The fraction of sp³-hybridized carbons (Fsp3) is 0. The maximum atomic E-state index is 12.1. The van der Waals surface area contributed by atoms with Crippen LogP contribution in [0.25, 0.3) is 5.65 Å². The molecule has 0 unspecified atom stereocenters. The Morgan fingerprint density at radius 1 is 1.16 bits per heavy atom. The van der Waals surface area contributed by atoms with E-state index >= 15 is 0 Å². The summed E-state index contributed by atoms with van der Waals surface area (Å²) in [5.74, 6) is -0.194. The van der Waals surface area contributed by atoms with E-state index in [-0.39, 0.29) is 5.91 Å². The number of rotatable bonds is 2. The smallest absolute Gasteiger partial charge is 0.257 e. The Morgan fingerprint density at radius 3 is 2.74 bits per heavy atom. The predicted octanol–water partition coefficient (Wildman–Crippen LogP) is 1.56. The largest absolute Gasteiger partial charge is 0.399 e. The molecule has 6 heteroatoms. The highest BCUT2D eigenvalue weighted by Crippen LogP contribution is 2.12. The molecule has 0 radical (unpaired) electrons. The zero-order valence-electron chi connectivity index (χ0n) is 9.95. The minimum Gasteiger partial charge on any atom is -0.399 e. The van der Waals surface area contributed by atoms with Gasteiger partial charge in [0.2, 0.25) is 0 Å². The molecule has 0 atom stereocenters. The van der Waals surface area contributed by atoms with E-state index < -0.39 is 0 Å². The van der Waals surface area contributed by atoms with E-state index in [0.29, 0.717) is 22.6 Å². The van der Waals surface area contributed by atoms with Gasteiger partial charge in [0.1, 0.15) is 6.33 Å². The second kappa shape index (κ2) is 4.41.